The molecule has 1 atom stereocenters. The second-order valence-electron chi connectivity index (χ2n) is 10.3. The first kappa shape index (κ1) is 30.4. The van der Waals surface area contributed by atoms with E-state index in [-0.39, 0.29) is 29.9 Å². The molecule has 0 bridgehead atoms. The van der Waals surface area contributed by atoms with Gasteiger partial charge in [0.25, 0.3) is 15.9 Å². The van der Waals surface area contributed by atoms with Crippen LogP contribution in [0, 0.1) is 0 Å². The Morgan fingerprint density at radius 1 is 0.977 bits per heavy atom. The number of esters is 1. The molecule has 1 N–H and O–H groups in total. The lowest BCUT2D eigenvalue weighted by Crippen LogP contribution is -2.37. The minimum atomic E-state index is -4.41. The standard InChI is InChI=1S/C31H33NO10S/c1-32(2)18-21-7-5-6-20(14-21)15-25-28(22-16-26(38-4)29-27(17-22)39-19-40-29)30(34)41-31(25,42-43(35,36)13-12-33)23-8-10-24(37-3)11-9-23/h5-11,14,16-17,33H,12-13,15,18-19H2,1-4H3. The van der Waals surface area contributed by atoms with E-state index < -0.39 is 34.2 Å². The van der Waals surface area contributed by atoms with Crippen molar-refractivity contribution < 1.29 is 46.2 Å². The van der Waals surface area contributed by atoms with Gasteiger partial charge in [0.15, 0.2) is 11.5 Å². The van der Waals surface area contributed by atoms with Crippen LogP contribution in [0.3, 0.4) is 0 Å². The van der Waals surface area contributed by atoms with Gasteiger partial charge in [0.2, 0.25) is 12.5 Å². The normalized spacial score (nSPS) is 17.9. The van der Waals surface area contributed by atoms with Gasteiger partial charge in [-0.1, -0.05) is 24.3 Å². The Morgan fingerprint density at radius 3 is 2.40 bits per heavy atom. The van der Waals surface area contributed by atoms with Crippen molar-refractivity contribution in [2.75, 3.05) is 47.5 Å². The Hall–Kier alpha value is -4.10. The summed E-state index contributed by atoms with van der Waals surface area (Å²) in [6, 6.07) is 17.4. The van der Waals surface area contributed by atoms with Gasteiger partial charge in [-0.25, -0.2) is 8.98 Å². The highest BCUT2D eigenvalue weighted by Crippen LogP contribution is 2.51. The maximum absolute atomic E-state index is 13.9. The Labute approximate surface area is 250 Å². The monoisotopic (exact) mass is 611 g/mol. The fourth-order valence-electron chi connectivity index (χ4n) is 5.20. The zero-order valence-corrected chi connectivity index (χ0v) is 25.1. The van der Waals surface area contributed by atoms with Crippen LogP contribution >= 0.6 is 0 Å². The molecule has 0 aliphatic carbocycles. The number of rotatable bonds is 12. The van der Waals surface area contributed by atoms with Crippen molar-refractivity contribution >= 4 is 21.7 Å². The number of cyclic esters (lactones) is 1. The summed E-state index contributed by atoms with van der Waals surface area (Å²) < 4.78 is 60.1. The molecular formula is C31H33NO10S. The smallest absolute Gasteiger partial charge is 0.342 e. The molecule has 5 rings (SSSR count). The molecule has 2 heterocycles. The molecule has 228 valence electrons. The molecule has 2 aliphatic heterocycles. The molecule has 0 saturated carbocycles. The van der Waals surface area contributed by atoms with Crippen LogP contribution in [0.5, 0.6) is 23.0 Å². The van der Waals surface area contributed by atoms with Crippen LogP contribution in [0.15, 0.2) is 66.2 Å². The third kappa shape index (κ3) is 6.18. The molecule has 0 amide bonds. The molecule has 12 heteroatoms. The summed E-state index contributed by atoms with van der Waals surface area (Å²) in [7, 11) is 2.47. The Balaban J connectivity index is 1.77. The summed E-state index contributed by atoms with van der Waals surface area (Å²) in [5.74, 6) is -2.13. The van der Waals surface area contributed by atoms with Gasteiger partial charge in [-0.05, 0) is 67.2 Å². The highest BCUT2D eigenvalue weighted by atomic mass is 32.2. The van der Waals surface area contributed by atoms with Gasteiger partial charge in [0.05, 0.1) is 32.2 Å². The van der Waals surface area contributed by atoms with Crippen LogP contribution in [0.25, 0.3) is 5.57 Å². The number of ether oxygens (including phenoxy) is 5. The van der Waals surface area contributed by atoms with Gasteiger partial charge in [-0.15, -0.1) is 0 Å². The van der Waals surface area contributed by atoms with Gasteiger partial charge in [0, 0.05) is 24.1 Å². The molecule has 3 aromatic rings. The van der Waals surface area contributed by atoms with Crippen molar-refractivity contribution in [2.24, 2.45) is 0 Å². The predicted octanol–water partition coefficient (Wildman–Crippen LogP) is 3.24. The molecule has 0 fully saturated rings. The van der Waals surface area contributed by atoms with Crippen LogP contribution in [-0.4, -0.2) is 71.9 Å². The van der Waals surface area contributed by atoms with Crippen molar-refractivity contribution in [1.82, 2.24) is 4.90 Å². The molecule has 0 aromatic heterocycles. The first-order chi connectivity index (χ1) is 20.6. The van der Waals surface area contributed by atoms with Crippen molar-refractivity contribution in [3.63, 3.8) is 0 Å². The van der Waals surface area contributed by atoms with Gasteiger partial charge in [0.1, 0.15) is 5.75 Å². The maximum Gasteiger partial charge on any atom is 0.342 e. The number of fused-ring (bicyclic) bond motifs is 1. The second-order valence-corrected chi connectivity index (χ2v) is 12.0. The van der Waals surface area contributed by atoms with Crippen LogP contribution in [0.1, 0.15) is 22.3 Å². The van der Waals surface area contributed by atoms with E-state index >= 15 is 0 Å². The van der Waals surface area contributed by atoms with E-state index in [2.05, 4.69) is 0 Å². The molecule has 3 aromatic carbocycles. The fraction of sp³-hybridized carbons (Fsp3) is 0.323. The number of hydrogen-bond acceptors (Lipinski definition) is 11. The first-order valence-corrected chi connectivity index (χ1v) is 15.0. The number of aliphatic hydroxyl groups excluding tert-OH is 1. The second kappa shape index (κ2) is 12.3. The summed E-state index contributed by atoms with van der Waals surface area (Å²) >= 11 is 0. The van der Waals surface area contributed by atoms with Gasteiger partial charge < -0.3 is 33.7 Å². The molecule has 1 unspecified atom stereocenters. The van der Waals surface area contributed by atoms with Gasteiger partial charge >= 0.3 is 5.97 Å². The molecular weight excluding hydrogens is 578 g/mol. The van der Waals surface area contributed by atoms with E-state index in [9.17, 15) is 18.3 Å². The summed E-state index contributed by atoms with van der Waals surface area (Å²) in [6.07, 6.45) is 0.0831. The minimum absolute atomic E-state index is 0.0253. The van der Waals surface area contributed by atoms with Crippen LogP contribution in [0.2, 0.25) is 0 Å². The molecule has 43 heavy (non-hydrogen) atoms. The number of hydrogen-bond donors (Lipinski definition) is 1. The number of carbonyl (C=O) groups is 1. The van der Waals surface area contributed by atoms with E-state index in [0.717, 1.165) is 11.1 Å². The van der Waals surface area contributed by atoms with Crippen molar-refractivity contribution in [3.05, 3.63) is 88.5 Å². The van der Waals surface area contributed by atoms with E-state index in [1.165, 1.54) is 14.2 Å². The number of aliphatic hydroxyl groups is 1. The minimum Gasteiger partial charge on any atom is -0.497 e. The summed E-state index contributed by atoms with van der Waals surface area (Å²) in [5, 5.41) is 9.49. The van der Waals surface area contributed by atoms with Crippen molar-refractivity contribution in [2.45, 2.75) is 18.8 Å². The van der Waals surface area contributed by atoms with Crippen LogP contribution in [0.4, 0.5) is 0 Å². The van der Waals surface area contributed by atoms with Gasteiger partial charge in [-0.3, -0.25) is 0 Å². The first-order valence-electron chi connectivity index (χ1n) is 13.5. The average Bonchev–Trinajstić information content (AvgIpc) is 3.54. The van der Waals surface area contributed by atoms with Crippen LogP contribution in [-0.2, 0) is 42.6 Å². The summed E-state index contributed by atoms with van der Waals surface area (Å²) in [4.78, 5) is 15.9. The van der Waals surface area contributed by atoms with E-state index in [4.69, 9.17) is 27.9 Å². The lowest BCUT2D eigenvalue weighted by Gasteiger charge is -2.31. The van der Waals surface area contributed by atoms with Crippen molar-refractivity contribution in [3.8, 4) is 23.0 Å². The zero-order valence-electron chi connectivity index (χ0n) is 24.3. The van der Waals surface area contributed by atoms with E-state index in [1.54, 1.807) is 36.4 Å². The Morgan fingerprint density at radius 2 is 1.72 bits per heavy atom. The third-order valence-corrected chi connectivity index (χ3v) is 8.18. The molecule has 11 nitrogen and oxygen atoms in total. The number of methoxy groups -OCH3 is 2. The van der Waals surface area contributed by atoms with Gasteiger partial charge in [-0.2, -0.15) is 8.42 Å². The number of nitrogens with zero attached hydrogens (tertiary/aromatic N) is 1. The molecule has 0 saturated heterocycles. The fourth-order valence-corrected chi connectivity index (χ4v) is 6.10. The third-order valence-electron chi connectivity index (χ3n) is 7.01. The largest absolute Gasteiger partial charge is 0.497 e. The van der Waals surface area contributed by atoms with Crippen molar-refractivity contribution in [1.29, 1.82) is 0 Å². The topological polar surface area (TPSA) is 130 Å². The highest BCUT2D eigenvalue weighted by molar-refractivity contribution is 7.86. The van der Waals surface area contributed by atoms with E-state index in [0.29, 0.717) is 35.1 Å². The molecule has 2 aliphatic rings. The SMILES string of the molecule is COc1ccc(C2(OS(=O)(=O)CCO)OC(=O)C(c3cc(OC)c4c(c3)OCO4)=C2Cc2cccc(CN(C)C)c2)cc1. The molecule has 0 radical (unpaired) electrons. The highest BCUT2D eigenvalue weighted by Gasteiger charge is 2.53. The predicted molar refractivity (Wildman–Crippen MR) is 156 cm³/mol. The lowest BCUT2D eigenvalue weighted by molar-refractivity contribution is -0.174. The lowest BCUT2D eigenvalue weighted by atomic mass is 9.87. The summed E-state index contributed by atoms with van der Waals surface area (Å²) in [6.45, 7) is -0.0468. The number of benzene rings is 3. The van der Waals surface area contributed by atoms with Crippen LogP contribution < -0.4 is 18.9 Å². The quantitative estimate of drug-likeness (QED) is 0.239. The average molecular weight is 612 g/mol. The maximum atomic E-state index is 13.9. The Bertz CT molecular complexity index is 1650. The van der Waals surface area contributed by atoms with E-state index in [1.807, 2.05) is 43.3 Å². The Kier molecular flexibility index (Phi) is 8.65. The molecule has 0 spiro atoms. The summed E-state index contributed by atoms with van der Waals surface area (Å²) in [5.41, 5.74) is 2.74. The number of carbonyl (C=O) groups excluding carboxylic acids is 1. The zero-order chi connectivity index (χ0) is 30.8.